The second kappa shape index (κ2) is 5.06. The van der Waals surface area contributed by atoms with Crippen molar-refractivity contribution in [3.05, 3.63) is 11.9 Å². The molecule has 2 heterocycles. The smallest absolute Gasteiger partial charge is 0.358 e. The lowest BCUT2D eigenvalue weighted by Gasteiger charge is -2.37. The lowest BCUT2D eigenvalue weighted by molar-refractivity contribution is 0.0690. The summed E-state index contributed by atoms with van der Waals surface area (Å²) in [6.45, 7) is 8.37. The van der Waals surface area contributed by atoms with E-state index in [1.807, 2.05) is 0 Å². The Balaban J connectivity index is 1.85. The van der Waals surface area contributed by atoms with Crippen LogP contribution in [0.4, 0.5) is 0 Å². The number of aromatic nitrogens is 3. The number of carbonyl (C=O) groups is 1. The molecule has 0 radical (unpaired) electrons. The van der Waals surface area contributed by atoms with E-state index in [4.69, 9.17) is 5.11 Å². The van der Waals surface area contributed by atoms with Crippen LogP contribution >= 0.6 is 0 Å². The van der Waals surface area contributed by atoms with Crippen molar-refractivity contribution in [2.24, 2.45) is 5.41 Å². The zero-order chi connectivity index (χ0) is 13.2. The van der Waals surface area contributed by atoms with E-state index in [1.165, 1.54) is 19.0 Å². The topological polar surface area (TPSA) is 71.2 Å². The van der Waals surface area contributed by atoms with Gasteiger partial charge >= 0.3 is 5.97 Å². The number of piperidine rings is 1. The average molecular weight is 252 g/mol. The molecule has 1 aromatic rings. The Morgan fingerprint density at radius 2 is 2.28 bits per heavy atom. The number of aromatic carboxylic acids is 1. The third-order valence-electron chi connectivity index (χ3n) is 3.38. The molecule has 18 heavy (non-hydrogen) atoms. The Morgan fingerprint density at radius 3 is 2.89 bits per heavy atom. The maximum absolute atomic E-state index is 10.7. The van der Waals surface area contributed by atoms with Crippen LogP contribution in [0.1, 0.15) is 37.2 Å². The summed E-state index contributed by atoms with van der Waals surface area (Å²) >= 11 is 0. The molecule has 0 aromatic carbocycles. The van der Waals surface area contributed by atoms with Gasteiger partial charge in [-0.15, -0.1) is 5.10 Å². The van der Waals surface area contributed by atoms with Gasteiger partial charge in [0.05, 0.1) is 12.7 Å². The van der Waals surface area contributed by atoms with Crippen molar-refractivity contribution in [3.8, 4) is 0 Å². The molecule has 6 heteroatoms. The SMILES string of the molecule is CC1(C)CCCN(CCn2cc(C(=O)O)nn2)C1. The number of hydrogen-bond acceptors (Lipinski definition) is 4. The van der Waals surface area contributed by atoms with Gasteiger partial charge in [0, 0.05) is 13.1 Å². The van der Waals surface area contributed by atoms with Crippen molar-refractivity contribution in [1.29, 1.82) is 0 Å². The Bertz CT molecular complexity index is 427. The second-order valence-electron chi connectivity index (χ2n) is 5.72. The molecule has 1 fully saturated rings. The Labute approximate surface area is 107 Å². The normalized spacial score (nSPS) is 19.9. The van der Waals surface area contributed by atoms with Crippen molar-refractivity contribution in [3.63, 3.8) is 0 Å². The maximum atomic E-state index is 10.7. The molecule has 6 nitrogen and oxygen atoms in total. The first kappa shape index (κ1) is 13.0. The fraction of sp³-hybridized carbons (Fsp3) is 0.750. The third-order valence-corrected chi connectivity index (χ3v) is 3.38. The van der Waals surface area contributed by atoms with Crippen molar-refractivity contribution in [2.75, 3.05) is 19.6 Å². The fourth-order valence-corrected chi connectivity index (χ4v) is 2.49. The summed E-state index contributed by atoms with van der Waals surface area (Å²) in [4.78, 5) is 13.1. The van der Waals surface area contributed by atoms with Crippen LogP contribution in [0, 0.1) is 5.41 Å². The highest BCUT2D eigenvalue weighted by Crippen LogP contribution is 2.28. The molecule has 0 atom stereocenters. The van der Waals surface area contributed by atoms with E-state index in [1.54, 1.807) is 4.68 Å². The van der Waals surface area contributed by atoms with E-state index >= 15 is 0 Å². The van der Waals surface area contributed by atoms with Gasteiger partial charge in [-0.05, 0) is 24.8 Å². The molecule has 0 aliphatic carbocycles. The van der Waals surface area contributed by atoms with Gasteiger partial charge in [0.2, 0.25) is 0 Å². The summed E-state index contributed by atoms with van der Waals surface area (Å²) in [5, 5.41) is 16.2. The lowest BCUT2D eigenvalue weighted by atomic mass is 9.84. The molecule has 0 saturated carbocycles. The minimum absolute atomic E-state index is 0.00831. The number of likely N-dealkylation sites (tertiary alicyclic amines) is 1. The van der Waals surface area contributed by atoms with Gasteiger partial charge in [-0.25, -0.2) is 4.79 Å². The van der Waals surface area contributed by atoms with E-state index in [0.717, 1.165) is 19.6 Å². The van der Waals surface area contributed by atoms with Crippen LogP contribution in [0.2, 0.25) is 0 Å². The summed E-state index contributed by atoms with van der Waals surface area (Å²) in [6.07, 6.45) is 3.98. The largest absolute Gasteiger partial charge is 0.476 e. The van der Waals surface area contributed by atoms with E-state index in [0.29, 0.717) is 12.0 Å². The molecular formula is C12H20N4O2. The van der Waals surface area contributed by atoms with Crippen LogP contribution in [0.5, 0.6) is 0 Å². The molecule has 1 aliphatic heterocycles. The molecule has 1 aromatic heterocycles. The van der Waals surface area contributed by atoms with Crippen LogP contribution in [-0.4, -0.2) is 50.6 Å². The summed E-state index contributed by atoms with van der Waals surface area (Å²) < 4.78 is 1.60. The molecule has 0 bridgehead atoms. The van der Waals surface area contributed by atoms with Crippen molar-refractivity contribution in [2.45, 2.75) is 33.2 Å². The molecule has 100 valence electrons. The quantitative estimate of drug-likeness (QED) is 0.868. The van der Waals surface area contributed by atoms with Gasteiger partial charge in [-0.1, -0.05) is 19.1 Å². The lowest BCUT2D eigenvalue weighted by Crippen LogP contribution is -2.41. The first-order valence-corrected chi connectivity index (χ1v) is 6.32. The van der Waals surface area contributed by atoms with Crippen LogP contribution in [-0.2, 0) is 6.54 Å². The Morgan fingerprint density at radius 1 is 1.50 bits per heavy atom. The molecule has 1 aliphatic rings. The highest BCUT2D eigenvalue weighted by atomic mass is 16.4. The van der Waals surface area contributed by atoms with Gasteiger partial charge in [-0.2, -0.15) is 0 Å². The summed E-state index contributed by atoms with van der Waals surface area (Å²) in [7, 11) is 0. The maximum Gasteiger partial charge on any atom is 0.358 e. The molecule has 1 N–H and O–H groups in total. The van der Waals surface area contributed by atoms with E-state index < -0.39 is 5.97 Å². The predicted molar refractivity (Wildman–Crippen MR) is 66.4 cm³/mol. The number of nitrogens with zero attached hydrogens (tertiary/aromatic N) is 4. The zero-order valence-electron chi connectivity index (χ0n) is 11.0. The first-order valence-electron chi connectivity index (χ1n) is 6.32. The van der Waals surface area contributed by atoms with Crippen LogP contribution in [0.25, 0.3) is 0 Å². The van der Waals surface area contributed by atoms with Gasteiger partial charge in [0.25, 0.3) is 0 Å². The van der Waals surface area contributed by atoms with E-state index in [-0.39, 0.29) is 5.69 Å². The summed E-state index contributed by atoms with van der Waals surface area (Å²) in [5.41, 5.74) is 0.390. The highest BCUT2D eigenvalue weighted by Gasteiger charge is 2.25. The van der Waals surface area contributed by atoms with Gasteiger partial charge in [0.1, 0.15) is 0 Å². The monoisotopic (exact) mass is 252 g/mol. The number of carboxylic acid groups (broad SMARTS) is 1. The molecule has 0 unspecified atom stereocenters. The summed E-state index contributed by atoms with van der Waals surface area (Å²) in [6, 6.07) is 0. The number of hydrogen-bond donors (Lipinski definition) is 1. The molecular weight excluding hydrogens is 232 g/mol. The minimum Gasteiger partial charge on any atom is -0.476 e. The highest BCUT2D eigenvalue weighted by molar-refractivity contribution is 5.84. The number of rotatable bonds is 4. The van der Waals surface area contributed by atoms with Gasteiger partial charge in [0.15, 0.2) is 5.69 Å². The third kappa shape index (κ3) is 3.29. The Kier molecular flexibility index (Phi) is 3.65. The first-order chi connectivity index (χ1) is 8.46. The van der Waals surface area contributed by atoms with E-state index in [9.17, 15) is 4.79 Å². The zero-order valence-corrected chi connectivity index (χ0v) is 11.0. The fourth-order valence-electron chi connectivity index (χ4n) is 2.49. The second-order valence-corrected chi connectivity index (χ2v) is 5.72. The van der Waals surface area contributed by atoms with Crippen LogP contribution < -0.4 is 0 Å². The minimum atomic E-state index is -1.03. The predicted octanol–water partition coefficient (Wildman–Crippen LogP) is 1.10. The van der Waals surface area contributed by atoms with E-state index in [2.05, 4.69) is 29.1 Å². The molecule has 0 spiro atoms. The van der Waals surface area contributed by atoms with Crippen LogP contribution in [0.3, 0.4) is 0 Å². The van der Waals surface area contributed by atoms with Gasteiger partial charge in [-0.3, -0.25) is 4.68 Å². The molecule has 2 rings (SSSR count). The van der Waals surface area contributed by atoms with Crippen molar-refractivity contribution in [1.82, 2.24) is 19.9 Å². The average Bonchev–Trinajstić information content (AvgIpc) is 2.74. The van der Waals surface area contributed by atoms with Crippen molar-refractivity contribution >= 4 is 5.97 Å². The molecule has 0 amide bonds. The van der Waals surface area contributed by atoms with Crippen molar-refractivity contribution < 1.29 is 9.90 Å². The standard InChI is InChI=1S/C12H20N4O2/c1-12(2)4-3-5-15(9-12)6-7-16-8-10(11(17)18)13-14-16/h8H,3-7,9H2,1-2H3,(H,17,18). The van der Waals surface area contributed by atoms with Crippen LogP contribution in [0.15, 0.2) is 6.20 Å². The Hall–Kier alpha value is -1.43. The molecule has 1 saturated heterocycles. The number of carboxylic acids is 1. The summed E-state index contributed by atoms with van der Waals surface area (Å²) in [5.74, 6) is -1.03. The van der Waals surface area contributed by atoms with Gasteiger partial charge < -0.3 is 10.0 Å².